The van der Waals surface area contributed by atoms with E-state index in [0.29, 0.717) is 0 Å². The first-order chi connectivity index (χ1) is 13.2. The van der Waals surface area contributed by atoms with Crippen molar-refractivity contribution >= 4 is 16.5 Å². The van der Waals surface area contributed by atoms with E-state index < -0.39 is 0 Å². The van der Waals surface area contributed by atoms with Gasteiger partial charge in [-0.3, -0.25) is 0 Å². The molecule has 27 heavy (non-hydrogen) atoms. The maximum absolute atomic E-state index is 5.75. The van der Waals surface area contributed by atoms with Gasteiger partial charge in [0.2, 0.25) is 0 Å². The fourth-order valence-corrected chi connectivity index (χ4v) is 4.05. The molecule has 134 valence electrons. The smallest absolute Gasteiger partial charge is 0.151 e. The topological polar surface area (TPSA) is 39.1 Å². The van der Waals surface area contributed by atoms with Gasteiger partial charge in [-0.05, 0) is 48.9 Å². The Hall–Kier alpha value is -3.27. The Morgan fingerprint density at radius 3 is 2.70 bits per heavy atom. The molecule has 0 fully saturated rings. The molecule has 0 radical (unpaired) electrons. The average molecular weight is 355 g/mol. The maximum atomic E-state index is 5.75. The Labute approximate surface area is 158 Å². The highest BCUT2D eigenvalue weighted by Gasteiger charge is 2.29. The lowest BCUT2D eigenvalue weighted by Crippen LogP contribution is -2.26. The minimum absolute atomic E-state index is 0.134. The minimum Gasteiger partial charge on any atom is -0.496 e. The van der Waals surface area contributed by atoms with E-state index in [0.717, 1.165) is 28.4 Å². The second kappa shape index (κ2) is 5.88. The number of aromatic nitrogens is 2. The zero-order valence-corrected chi connectivity index (χ0v) is 15.7. The van der Waals surface area contributed by atoms with Crippen molar-refractivity contribution in [3.8, 4) is 17.0 Å². The highest BCUT2D eigenvalue weighted by Crippen LogP contribution is 2.43. The molecular formula is C23H21N3O. The molecule has 2 heterocycles. The molecule has 0 unspecified atom stereocenters. The normalized spacial score (nSPS) is 15.1. The molecule has 1 atom stereocenters. The lowest BCUT2D eigenvalue weighted by atomic mass is 9.97. The fraction of sp³-hybridized carbons (Fsp3) is 0.174. The van der Waals surface area contributed by atoms with Gasteiger partial charge in [0.1, 0.15) is 5.75 Å². The molecule has 3 aromatic carbocycles. The molecule has 1 N–H and O–H groups in total. The maximum Gasteiger partial charge on any atom is 0.151 e. The summed E-state index contributed by atoms with van der Waals surface area (Å²) in [6, 6.07) is 21.2. The van der Waals surface area contributed by atoms with Crippen LogP contribution in [-0.4, -0.2) is 16.9 Å². The van der Waals surface area contributed by atoms with E-state index in [-0.39, 0.29) is 6.17 Å². The van der Waals surface area contributed by atoms with Crippen LogP contribution in [0.4, 0.5) is 5.69 Å². The largest absolute Gasteiger partial charge is 0.496 e. The number of fused-ring (bicyclic) bond motifs is 4. The van der Waals surface area contributed by atoms with Crippen molar-refractivity contribution < 1.29 is 4.74 Å². The number of rotatable bonds is 2. The summed E-state index contributed by atoms with van der Waals surface area (Å²) in [4.78, 5) is 0. The molecule has 4 nitrogen and oxygen atoms in total. The summed E-state index contributed by atoms with van der Waals surface area (Å²) in [6.07, 6.45) is -0.134. The van der Waals surface area contributed by atoms with Crippen LogP contribution in [0.15, 0.2) is 60.7 Å². The van der Waals surface area contributed by atoms with Gasteiger partial charge in [-0.25, -0.2) is 4.68 Å². The zero-order valence-electron chi connectivity index (χ0n) is 15.7. The summed E-state index contributed by atoms with van der Waals surface area (Å²) in [5.74, 6) is 0.862. The zero-order chi connectivity index (χ0) is 18.5. The third-order valence-corrected chi connectivity index (χ3v) is 5.27. The van der Waals surface area contributed by atoms with Crippen molar-refractivity contribution in [2.24, 2.45) is 0 Å². The van der Waals surface area contributed by atoms with Crippen LogP contribution in [0.3, 0.4) is 0 Å². The first-order valence-corrected chi connectivity index (χ1v) is 9.15. The molecule has 1 aromatic heterocycles. The summed E-state index contributed by atoms with van der Waals surface area (Å²) in [7, 11) is 1.73. The monoisotopic (exact) mass is 355 g/mol. The molecule has 4 aromatic rings. The number of aryl methyl sites for hydroxylation is 2. The number of benzene rings is 3. The van der Waals surface area contributed by atoms with Crippen LogP contribution in [-0.2, 0) is 0 Å². The number of nitrogens with zero attached hydrogens (tertiary/aromatic N) is 2. The molecule has 0 saturated carbocycles. The molecule has 1 aliphatic heterocycles. The molecule has 5 rings (SSSR count). The number of methoxy groups -OCH3 is 1. The van der Waals surface area contributed by atoms with Gasteiger partial charge >= 0.3 is 0 Å². The molecule has 0 amide bonds. The number of anilines is 1. The summed E-state index contributed by atoms with van der Waals surface area (Å²) in [5.41, 5.74) is 6.78. The van der Waals surface area contributed by atoms with Gasteiger partial charge in [-0.15, -0.1) is 0 Å². The van der Waals surface area contributed by atoms with E-state index in [9.17, 15) is 0 Å². The Balaban J connectivity index is 1.80. The Bertz CT molecular complexity index is 1180. The SMILES string of the molecule is COc1ccc2ccccc2c1[C@H]1Nc2ccc(C)cc2-c2cc(C)nn21. The van der Waals surface area contributed by atoms with Crippen LogP contribution in [0.1, 0.15) is 23.0 Å². The van der Waals surface area contributed by atoms with E-state index in [2.05, 4.69) is 71.5 Å². The number of nitrogens with one attached hydrogen (secondary N) is 1. The van der Waals surface area contributed by atoms with E-state index in [4.69, 9.17) is 9.84 Å². The van der Waals surface area contributed by atoms with Crippen LogP contribution in [0.5, 0.6) is 5.75 Å². The van der Waals surface area contributed by atoms with Crippen LogP contribution in [0.25, 0.3) is 22.0 Å². The van der Waals surface area contributed by atoms with Crippen LogP contribution in [0, 0.1) is 13.8 Å². The van der Waals surface area contributed by atoms with Crippen molar-refractivity contribution in [2.45, 2.75) is 20.0 Å². The third-order valence-electron chi connectivity index (χ3n) is 5.27. The van der Waals surface area contributed by atoms with Gasteiger partial charge in [0, 0.05) is 16.8 Å². The molecular weight excluding hydrogens is 334 g/mol. The second-order valence-corrected chi connectivity index (χ2v) is 7.11. The van der Waals surface area contributed by atoms with E-state index in [1.807, 2.05) is 13.0 Å². The Morgan fingerprint density at radius 1 is 1.00 bits per heavy atom. The highest BCUT2D eigenvalue weighted by atomic mass is 16.5. The quantitative estimate of drug-likeness (QED) is 0.530. The summed E-state index contributed by atoms with van der Waals surface area (Å²) >= 11 is 0. The van der Waals surface area contributed by atoms with E-state index in [1.165, 1.54) is 21.9 Å². The molecule has 0 saturated heterocycles. The predicted molar refractivity (Wildman–Crippen MR) is 109 cm³/mol. The number of hydrogen-bond acceptors (Lipinski definition) is 3. The van der Waals surface area contributed by atoms with Crippen molar-refractivity contribution in [1.82, 2.24) is 9.78 Å². The molecule has 0 spiro atoms. The molecule has 1 aliphatic rings. The van der Waals surface area contributed by atoms with Crippen molar-refractivity contribution in [1.29, 1.82) is 0 Å². The van der Waals surface area contributed by atoms with E-state index >= 15 is 0 Å². The first-order valence-electron chi connectivity index (χ1n) is 9.15. The average Bonchev–Trinajstić information content (AvgIpc) is 3.08. The summed E-state index contributed by atoms with van der Waals surface area (Å²) in [5, 5.41) is 10.9. The van der Waals surface area contributed by atoms with Crippen LogP contribution < -0.4 is 10.1 Å². The van der Waals surface area contributed by atoms with Crippen LogP contribution >= 0.6 is 0 Å². The molecule has 4 heteroatoms. The van der Waals surface area contributed by atoms with Gasteiger partial charge in [0.15, 0.2) is 6.17 Å². The van der Waals surface area contributed by atoms with Gasteiger partial charge in [-0.2, -0.15) is 5.10 Å². The molecule has 0 bridgehead atoms. The highest BCUT2D eigenvalue weighted by molar-refractivity contribution is 5.90. The fourth-order valence-electron chi connectivity index (χ4n) is 4.05. The lowest BCUT2D eigenvalue weighted by Gasteiger charge is -2.31. The van der Waals surface area contributed by atoms with Crippen molar-refractivity contribution in [2.75, 3.05) is 12.4 Å². The summed E-state index contributed by atoms with van der Waals surface area (Å²) < 4.78 is 7.84. The van der Waals surface area contributed by atoms with Crippen molar-refractivity contribution in [3.05, 3.63) is 77.5 Å². The van der Waals surface area contributed by atoms with E-state index in [1.54, 1.807) is 7.11 Å². The molecule has 0 aliphatic carbocycles. The lowest BCUT2D eigenvalue weighted by molar-refractivity contribution is 0.403. The predicted octanol–water partition coefficient (Wildman–Crippen LogP) is 5.30. The van der Waals surface area contributed by atoms with Gasteiger partial charge in [0.25, 0.3) is 0 Å². The first kappa shape index (κ1) is 15.9. The van der Waals surface area contributed by atoms with Gasteiger partial charge in [-0.1, -0.05) is 42.0 Å². The standard InChI is InChI=1S/C23H21N3O/c1-14-8-10-19-18(12-14)20-13-15(2)25-26(20)23(24-19)22-17-7-5-4-6-16(17)9-11-21(22)27-3/h4-13,23-24H,1-3H3/t23-/m0/s1. The summed E-state index contributed by atoms with van der Waals surface area (Å²) in [6.45, 7) is 4.16. The third kappa shape index (κ3) is 2.40. The number of hydrogen-bond donors (Lipinski definition) is 1. The van der Waals surface area contributed by atoms with Crippen molar-refractivity contribution in [3.63, 3.8) is 0 Å². The van der Waals surface area contributed by atoms with Gasteiger partial charge < -0.3 is 10.1 Å². The van der Waals surface area contributed by atoms with Crippen LogP contribution in [0.2, 0.25) is 0 Å². The Morgan fingerprint density at radius 2 is 1.85 bits per heavy atom. The number of ether oxygens (including phenoxy) is 1. The van der Waals surface area contributed by atoms with Gasteiger partial charge in [0.05, 0.1) is 18.5 Å². The second-order valence-electron chi connectivity index (χ2n) is 7.11. The minimum atomic E-state index is -0.134. The Kier molecular flexibility index (Phi) is 3.47.